The number of hydrogen-bond acceptors (Lipinski definition) is 3. The van der Waals surface area contributed by atoms with Crippen LogP contribution in [0.5, 0.6) is 0 Å². The van der Waals surface area contributed by atoms with Crippen LogP contribution in [0.4, 0.5) is 11.4 Å². The Morgan fingerprint density at radius 1 is 1.29 bits per heavy atom. The predicted molar refractivity (Wildman–Crippen MR) is 85.2 cm³/mol. The molecule has 0 atom stereocenters. The summed E-state index contributed by atoms with van der Waals surface area (Å²) in [4.78, 5) is 26.2. The summed E-state index contributed by atoms with van der Waals surface area (Å²) < 4.78 is 0. The van der Waals surface area contributed by atoms with Crippen molar-refractivity contribution in [2.75, 3.05) is 16.8 Å². The largest absolute Gasteiger partial charge is 0.321 e. The number of hydrogen-bond donors (Lipinski definition) is 1. The van der Waals surface area contributed by atoms with Gasteiger partial charge in [0.2, 0.25) is 5.91 Å². The predicted octanol–water partition coefficient (Wildman–Crippen LogP) is 3.22. The van der Waals surface area contributed by atoms with Gasteiger partial charge in [0.15, 0.2) is 0 Å². The van der Waals surface area contributed by atoms with Gasteiger partial charge in [0.05, 0.1) is 4.88 Å². The number of nitrogens with zero attached hydrogens (tertiary/aromatic N) is 1. The van der Waals surface area contributed by atoms with Crippen LogP contribution >= 0.6 is 11.3 Å². The Morgan fingerprint density at radius 2 is 2.10 bits per heavy atom. The molecule has 5 heteroatoms. The number of fused-ring (bicyclic) bond motifs is 1. The molecular weight excluding hydrogens is 284 g/mol. The zero-order valence-electron chi connectivity index (χ0n) is 12.0. The molecule has 21 heavy (non-hydrogen) atoms. The van der Waals surface area contributed by atoms with E-state index >= 15 is 0 Å². The smallest absolute Gasteiger partial charge is 0.265 e. The molecular formula is C16H16N2O2S. The van der Waals surface area contributed by atoms with E-state index < -0.39 is 0 Å². The Balaban J connectivity index is 1.81. The number of anilines is 2. The lowest BCUT2D eigenvalue weighted by Gasteiger charge is -2.15. The van der Waals surface area contributed by atoms with Gasteiger partial charge in [0.1, 0.15) is 0 Å². The maximum Gasteiger partial charge on any atom is 0.265 e. The number of aryl methyl sites for hydroxylation is 1. The summed E-state index contributed by atoms with van der Waals surface area (Å²) in [6.07, 6.45) is 0.830. The van der Waals surface area contributed by atoms with E-state index in [9.17, 15) is 9.59 Å². The van der Waals surface area contributed by atoms with Crippen molar-refractivity contribution in [3.8, 4) is 0 Å². The van der Waals surface area contributed by atoms with E-state index in [-0.39, 0.29) is 11.8 Å². The maximum absolute atomic E-state index is 12.2. The van der Waals surface area contributed by atoms with Gasteiger partial charge in [0, 0.05) is 24.8 Å². The molecule has 0 aliphatic carbocycles. The topological polar surface area (TPSA) is 49.4 Å². The van der Waals surface area contributed by atoms with Gasteiger partial charge in [-0.15, -0.1) is 11.3 Å². The van der Waals surface area contributed by atoms with Gasteiger partial charge in [0.25, 0.3) is 5.91 Å². The van der Waals surface area contributed by atoms with Crippen LogP contribution in [-0.2, 0) is 11.2 Å². The monoisotopic (exact) mass is 300 g/mol. The SMILES string of the molecule is CC(=O)N1CCc2cc(NC(=O)c3sccc3C)ccc21. The van der Waals surface area contributed by atoms with E-state index in [1.807, 2.05) is 36.6 Å². The average Bonchev–Trinajstić information content (AvgIpc) is 3.04. The Kier molecular flexibility index (Phi) is 3.51. The maximum atomic E-state index is 12.2. The van der Waals surface area contributed by atoms with Crippen LogP contribution in [0.25, 0.3) is 0 Å². The van der Waals surface area contributed by atoms with Crippen molar-refractivity contribution >= 4 is 34.5 Å². The van der Waals surface area contributed by atoms with Crippen LogP contribution in [0.3, 0.4) is 0 Å². The molecule has 0 bridgehead atoms. The minimum Gasteiger partial charge on any atom is -0.321 e. The minimum atomic E-state index is -0.0797. The van der Waals surface area contributed by atoms with E-state index in [1.165, 1.54) is 11.3 Å². The first-order valence-corrected chi connectivity index (χ1v) is 7.70. The summed E-state index contributed by atoms with van der Waals surface area (Å²) in [7, 11) is 0. The minimum absolute atomic E-state index is 0.0553. The third-order valence-corrected chi connectivity index (χ3v) is 4.70. The number of benzene rings is 1. The number of nitrogens with one attached hydrogen (secondary N) is 1. The lowest BCUT2D eigenvalue weighted by molar-refractivity contribution is -0.116. The van der Waals surface area contributed by atoms with Crippen molar-refractivity contribution in [1.29, 1.82) is 0 Å². The third kappa shape index (κ3) is 2.56. The molecule has 0 fully saturated rings. The highest BCUT2D eigenvalue weighted by Gasteiger charge is 2.22. The van der Waals surface area contributed by atoms with Crippen LogP contribution in [-0.4, -0.2) is 18.4 Å². The van der Waals surface area contributed by atoms with Gasteiger partial charge in [-0.1, -0.05) is 0 Å². The molecule has 0 saturated carbocycles. The second-order valence-electron chi connectivity index (χ2n) is 5.15. The Morgan fingerprint density at radius 3 is 2.76 bits per heavy atom. The number of rotatable bonds is 2. The van der Waals surface area contributed by atoms with Crippen LogP contribution in [0, 0.1) is 6.92 Å². The van der Waals surface area contributed by atoms with Crippen molar-refractivity contribution in [3.63, 3.8) is 0 Å². The Bertz CT molecular complexity index is 721. The average molecular weight is 300 g/mol. The summed E-state index contributed by atoms with van der Waals surface area (Å²) in [6, 6.07) is 7.65. The fraction of sp³-hybridized carbons (Fsp3) is 0.250. The molecule has 2 aromatic rings. The number of carbonyl (C=O) groups is 2. The third-order valence-electron chi connectivity index (χ3n) is 3.68. The van der Waals surface area contributed by atoms with Gasteiger partial charge in [-0.2, -0.15) is 0 Å². The first-order chi connectivity index (χ1) is 10.1. The molecule has 1 N–H and O–H groups in total. The highest BCUT2D eigenvalue weighted by atomic mass is 32.1. The molecule has 1 aliphatic rings. The van der Waals surface area contributed by atoms with Gasteiger partial charge in [-0.25, -0.2) is 0 Å². The van der Waals surface area contributed by atoms with Crippen LogP contribution < -0.4 is 10.2 Å². The first kappa shape index (κ1) is 13.8. The molecule has 0 saturated heterocycles. The lowest BCUT2D eigenvalue weighted by atomic mass is 10.1. The fourth-order valence-electron chi connectivity index (χ4n) is 2.60. The van der Waals surface area contributed by atoms with Gasteiger partial charge < -0.3 is 10.2 Å². The molecule has 1 aromatic carbocycles. The lowest BCUT2D eigenvalue weighted by Crippen LogP contribution is -2.25. The highest BCUT2D eigenvalue weighted by Crippen LogP contribution is 2.30. The van der Waals surface area contributed by atoms with Crippen LogP contribution in [0.1, 0.15) is 27.7 Å². The molecule has 1 aliphatic heterocycles. The molecule has 2 amide bonds. The van der Waals surface area contributed by atoms with Crippen molar-refractivity contribution in [1.82, 2.24) is 0 Å². The second kappa shape index (κ2) is 5.33. The van der Waals surface area contributed by atoms with Crippen LogP contribution in [0.2, 0.25) is 0 Å². The molecule has 0 radical (unpaired) electrons. The van der Waals surface area contributed by atoms with E-state index in [1.54, 1.807) is 11.8 Å². The van der Waals surface area contributed by atoms with E-state index in [0.717, 1.165) is 33.8 Å². The van der Waals surface area contributed by atoms with E-state index in [4.69, 9.17) is 0 Å². The molecule has 3 rings (SSSR count). The quantitative estimate of drug-likeness (QED) is 0.925. The van der Waals surface area contributed by atoms with E-state index in [2.05, 4.69) is 5.32 Å². The molecule has 2 heterocycles. The molecule has 4 nitrogen and oxygen atoms in total. The van der Waals surface area contributed by atoms with E-state index in [0.29, 0.717) is 6.54 Å². The molecule has 1 aromatic heterocycles. The van der Waals surface area contributed by atoms with Gasteiger partial charge >= 0.3 is 0 Å². The Hall–Kier alpha value is -2.14. The summed E-state index contributed by atoms with van der Waals surface area (Å²) in [5.41, 5.74) is 3.82. The van der Waals surface area contributed by atoms with Crippen molar-refractivity contribution in [2.24, 2.45) is 0 Å². The number of carbonyl (C=O) groups excluding carboxylic acids is 2. The Labute approximate surface area is 127 Å². The van der Waals surface area contributed by atoms with Crippen molar-refractivity contribution < 1.29 is 9.59 Å². The highest BCUT2D eigenvalue weighted by molar-refractivity contribution is 7.12. The molecule has 0 unspecified atom stereocenters. The standard InChI is InChI=1S/C16H16N2O2S/c1-10-6-8-21-15(10)16(20)17-13-3-4-14-12(9-13)5-7-18(14)11(2)19/h3-4,6,8-9H,5,7H2,1-2H3,(H,17,20). The van der Waals surface area contributed by atoms with Gasteiger partial charge in [-0.3, -0.25) is 9.59 Å². The second-order valence-corrected chi connectivity index (χ2v) is 6.07. The van der Waals surface area contributed by atoms with Gasteiger partial charge in [-0.05, 0) is 54.1 Å². The summed E-state index contributed by atoms with van der Waals surface area (Å²) in [5, 5.41) is 4.84. The summed E-state index contributed by atoms with van der Waals surface area (Å²) in [5.74, 6) is -0.0244. The number of amides is 2. The first-order valence-electron chi connectivity index (χ1n) is 6.83. The number of thiophene rings is 1. The summed E-state index contributed by atoms with van der Waals surface area (Å²) in [6.45, 7) is 4.22. The fourth-order valence-corrected chi connectivity index (χ4v) is 3.42. The van der Waals surface area contributed by atoms with Crippen molar-refractivity contribution in [2.45, 2.75) is 20.3 Å². The zero-order chi connectivity index (χ0) is 15.0. The zero-order valence-corrected chi connectivity index (χ0v) is 12.8. The normalized spacial score (nSPS) is 13.1. The van der Waals surface area contributed by atoms with Crippen molar-refractivity contribution in [3.05, 3.63) is 45.6 Å². The summed E-state index contributed by atoms with van der Waals surface area (Å²) >= 11 is 1.44. The molecule has 108 valence electrons. The molecule has 0 spiro atoms. The van der Waals surface area contributed by atoms with Crippen LogP contribution in [0.15, 0.2) is 29.6 Å².